The second-order valence-corrected chi connectivity index (χ2v) is 6.70. The van der Waals surface area contributed by atoms with Crippen LogP contribution in [-0.4, -0.2) is 17.4 Å². The van der Waals surface area contributed by atoms with Crippen molar-refractivity contribution in [3.05, 3.63) is 10.6 Å². The van der Waals surface area contributed by atoms with E-state index >= 15 is 0 Å². The predicted octanol–water partition coefficient (Wildman–Crippen LogP) is 3.95. The van der Waals surface area contributed by atoms with E-state index in [1.807, 2.05) is 0 Å². The van der Waals surface area contributed by atoms with Gasteiger partial charge in [0, 0.05) is 28.0 Å². The predicted molar refractivity (Wildman–Crippen MR) is 78.7 cm³/mol. The van der Waals surface area contributed by atoms with Gasteiger partial charge in [0.1, 0.15) is 0 Å². The van der Waals surface area contributed by atoms with Crippen molar-refractivity contribution >= 4 is 27.5 Å². The third-order valence-electron chi connectivity index (χ3n) is 4.05. The number of hydrogen-bond donors (Lipinski definition) is 1. The van der Waals surface area contributed by atoms with Gasteiger partial charge >= 0.3 is 0 Å². The van der Waals surface area contributed by atoms with Crippen LogP contribution in [0.5, 0.6) is 0 Å². The molecule has 0 aromatic carbocycles. The molecule has 0 aromatic rings. The molecule has 2 aliphatic rings. The average Bonchev–Trinajstić information content (AvgIpc) is 3.19. The minimum absolute atomic E-state index is 0.446. The van der Waals surface area contributed by atoms with Gasteiger partial charge in [-0.05, 0) is 43.9 Å². The zero-order chi connectivity index (χ0) is 13.1. The van der Waals surface area contributed by atoms with Crippen molar-refractivity contribution in [2.24, 2.45) is 11.8 Å². The van der Waals surface area contributed by atoms with Crippen LogP contribution in [-0.2, 0) is 0 Å². The summed E-state index contributed by atoms with van der Waals surface area (Å²) in [5.41, 5.74) is 0.784. The molecule has 18 heavy (non-hydrogen) atoms. The Morgan fingerprint density at radius 2 is 2.22 bits per heavy atom. The molecule has 3 atom stereocenters. The SMILES string of the molecule is CC(CBr)C(NC1CCC(C#N)=C(Cl)C1)C1CC1. The van der Waals surface area contributed by atoms with Crippen molar-refractivity contribution in [2.75, 3.05) is 5.33 Å². The number of nitriles is 1. The summed E-state index contributed by atoms with van der Waals surface area (Å²) in [4.78, 5) is 0. The van der Waals surface area contributed by atoms with E-state index in [4.69, 9.17) is 16.9 Å². The molecule has 0 amide bonds. The minimum atomic E-state index is 0.446. The van der Waals surface area contributed by atoms with E-state index in [0.29, 0.717) is 18.0 Å². The highest BCUT2D eigenvalue weighted by Crippen LogP contribution is 2.37. The number of rotatable bonds is 5. The summed E-state index contributed by atoms with van der Waals surface area (Å²) in [6, 6.07) is 3.25. The monoisotopic (exact) mass is 330 g/mol. The van der Waals surface area contributed by atoms with Gasteiger partial charge < -0.3 is 5.32 Å². The maximum absolute atomic E-state index is 8.94. The number of hydrogen-bond acceptors (Lipinski definition) is 2. The van der Waals surface area contributed by atoms with E-state index in [1.165, 1.54) is 12.8 Å². The summed E-state index contributed by atoms with van der Waals surface area (Å²) in [5, 5.41) is 14.5. The molecule has 0 aliphatic heterocycles. The first-order chi connectivity index (χ1) is 8.65. The van der Waals surface area contributed by atoms with Crippen LogP contribution in [0, 0.1) is 23.2 Å². The maximum Gasteiger partial charge on any atom is 0.0959 e. The Morgan fingerprint density at radius 1 is 1.50 bits per heavy atom. The Kier molecular flexibility index (Phi) is 5.12. The molecule has 100 valence electrons. The standard InChI is InChI=1S/C14H20BrClN2/c1-9(7-15)14(10-2-3-10)18-12-5-4-11(8-17)13(16)6-12/h9-10,12,14,18H,2-7H2,1H3. The fraction of sp³-hybridized carbons (Fsp3) is 0.786. The molecule has 2 rings (SSSR count). The van der Waals surface area contributed by atoms with Crippen molar-refractivity contribution < 1.29 is 0 Å². The largest absolute Gasteiger partial charge is 0.310 e. The third-order valence-corrected chi connectivity index (χ3v) is 5.45. The van der Waals surface area contributed by atoms with E-state index in [0.717, 1.165) is 41.1 Å². The summed E-state index contributed by atoms with van der Waals surface area (Å²) >= 11 is 9.77. The Hall–Kier alpha value is -0.0400. The average molecular weight is 332 g/mol. The van der Waals surface area contributed by atoms with Crippen LogP contribution in [0.2, 0.25) is 0 Å². The van der Waals surface area contributed by atoms with Crippen LogP contribution >= 0.6 is 27.5 Å². The summed E-state index contributed by atoms with van der Waals surface area (Å²) in [6.07, 6.45) is 5.40. The Balaban J connectivity index is 1.93. The van der Waals surface area contributed by atoms with E-state index in [1.54, 1.807) is 0 Å². The molecule has 1 fully saturated rings. The van der Waals surface area contributed by atoms with Gasteiger partial charge in [0.2, 0.25) is 0 Å². The van der Waals surface area contributed by atoms with Gasteiger partial charge in [-0.25, -0.2) is 0 Å². The number of halogens is 2. The summed E-state index contributed by atoms with van der Waals surface area (Å²) in [5.74, 6) is 1.50. The lowest BCUT2D eigenvalue weighted by Crippen LogP contribution is -2.45. The fourth-order valence-corrected chi connectivity index (χ4v) is 3.47. The first-order valence-corrected chi connectivity index (χ1v) is 8.25. The van der Waals surface area contributed by atoms with Crippen LogP contribution in [0.4, 0.5) is 0 Å². The van der Waals surface area contributed by atoms with Crippen LogP contribution in [0.25, 0.3) is 0 Å². The molecule has 1 saturated carbocycles. The lowest BCUT2D eigenvalue weighted by atomic mass is 9.92. The number of alkyl halides is 1. The van der Waals surface area contributed by atoms with Gasteiger partial charge in [-0.15, -0.1) is 0 Å². The van der Waals surface area contributed by atoms with E-state index in [2.05, 4.69) is 34.2 Å². The molecule has 0 heterocycles. The Bertz CT molecular complexity index is 370. The zero-order valence-corrected chi connectivity index (χ0v) is 13.1. The molecule has 0 aromatic heterocycles. The quantitative estimate of drug-likeness (QED) is 0.774. The number of allylic oxidation sites excluding steroid dienone is 1. The van der Waals surface area contributed by atoms with Crippen molar-refractivity contribution in [1.82, 2.24) is 5.32 Å². The lowest BCUT2D eigenvalue weighted by molar-refractivity contribution is 0.310. The second kappa shape index (κ2) is 6.41. The molecule has 4 heteroatoms. The zero-order valence-electron chi connectivity index (χ0n) is 10.8. The van der Waals surface area contributed by atoms with Gasteiger partial charge in [0.05, 0.1) is 6.07 Å². The van der Waals surface area contributed by atoms with Gasteiger partial charge in [0.15, 0.2) is 0 Å². The molecule has 2 aliphatic carbocycles. The highest BCUT2D eigenvalue weighted by atomic mass is 79.9. The molecule has 0 radical (unpaired) electrons. The van der Waals surface area contributed by atoms with E-state index < -0.39 is 0 Å². The Labute approximate surface area is 123 Å². The molecule has 2 nitrogen and oxygen atoms in total. The normalized spacial score (nSPS) is 27.8. The number of nitrogens with zero attached hydrogens (tertiary/aromatic N) is 1. The third kappa shape index (κ3) is 3.50. The second-order valence-electron chi connectivity index (χ2n) is 5.60. The minimum Gasteiger partial charge on any atom is -0.310 e. The van der Waals surface area contributed by atoms with Crippen molar-refractivity contribution in [2.45, 2.75) is 51.1 Å². The van der Waals surface area contributed by atoms with Gasteiger partial charge in [-0.3, -0.25) is 0 Å². The smallest absolute Gasteiger partial charge is 0.0959 e. The summed E-state index contributed by atoms with van der Waals surface area (Å²) < 4.78 is 0. The van der Waals surface area contributed by atoms with Crippen LogP contribution in [0.3, 0.4) is 0 Å². The highest BCUT2D eigenvalue weighted by molar-refractivity contribution is 9.09. The van der Waals surface area contributed by atoms with Crippen molar-refractivity contribution in [3.8, 4) is 6.07 Å². The number of nitrogens with one attached hydrogen (secondary N) is 1. The molecular formula is C14H20BrClN2. The maximum atomic E-state index is 8.94. The molecule has 0 bridgehead atoms. The van der Waals surface area contributed by atoms with Gasteiger partial charge in [-0.2, -0.15) is 5.26 Å². The lowest BCUT2D eigenvalue weighted by Gasteiger charge is -2.31. The van der Waals surface area contributed by atoms with Crippen LogP contribution in [0.1, 0.15) is 39.0 Å². The van der Waals surface area contributed by atoms with E-state index in [-0.39, 0.29) is 0 Å². The molecular weight excluding hydrogens is 312 g/mol. The first kappa shape index (κ1) is 14.4. The van der Waals surface area contributed by atoms with Crippen molar-refractivity contribution in [3.63, 3.8) is 0 Å². The topological polar surface area (TPSA) is 35.8 Å². The fourth-order valence-electron chi connectivity index (χ4n) is 2.74. The summed E-state index contributed by atoms with van der Waals surface area (Å²) in [7, 11) is 0. The van der Waals surface area contributed by atoms with Crippen LogP contribution < -0.4 is 5.32 Å². The summed E-state index contributed by atoms with van der Waals surface area (Å²) in [6.45, 7) is 2.30. The highest BCUT2D eigenvalue weighted by Gasteiger charge is 2.36. The van der Waals surface area contributed by atoms with E-state index in [9.17, 15) is 0 Å². The molecule has 1 N–H and O–H groups in total. The molecule has 0 saturated heterocycles. The van der Waals surface area contributed by atoms with Gasteiger partial charge in [0.25, 0.3) is 0 Å². The van der Waals surface area contributed by atoms with Crippen LogP contribution in [0.15, 0.2) is 10.6 Å². The van der Waals surface area contributed by atoms with Gasteiger partial charge in [-0.1, -0.05) is 34.5 Å². The molecule has 3 unspecified atom stereocenters. The van der Waals surface area contributed by atoms with Crippen molar-refractivity contribution in [1.29, 1.82) is 5.26 Å². The molecule has 0 spiro atoms. The first-order valence-electron chi connectivity index (χ1n) is 6.75. The Morgan fingerprint density at radius 3 is 2.72 bits per heavy atom.